The van der Waals surface area contributed by atoms with Gasteiger partial charge in [0.25, 0.3) is 0 Å². The number of hydrogen-bond donors (Lipinski definition) is 0. The molecule has 5 fully saturated rings. The van der Waals surface area contributed by atoms with Crippen LogP contribution in [-0.2, 0) is 97.6 Å². The third-order valence-electron chi connectivity index (χ3n) is 28.1. The standard InChI is InChI=1S/C27H29N2O.C26H25N2O.C25H25N2O.3C18H24NSi.3Ir/c1-27(2,3)17-21-10-11-22-23-15-20(9-12-25(23)30-26(22)29-21)24-16-19(13-14-28-24)18-7-5-4-6-8-18;1-16-2-8-22-23-15-20(7-9-25(23)29-26(22)28-16)24-14-18(10-11-27-24)13-21-12-17-3-5-19(21)6-4-17;1-16-8-10-20-21-14-17(9-11-23(21)28-24(20)27-16)22-15-19(12-13-26-22)25(2,3)18-6-4-5-7-18;3*1-14(2)11-16-12-17(15-9-7-6-8-10-15)19-13-18(16)20(3,4)5;;;/h10-16,18H,4-8,17H2,1-3H3;2,8-11,14-15,17,19,21H,3-6,12-13H2,1H3;8,10-15,18H,4-7H2,1-3H3;3*6-9,12-14H,11H2,1-5H3;;;/q6*-1;;;/i17D2,18D;1D3,13D2;1D3;6D,7D,8D,11D2;2*11D2;;;. The van der Waals surface area contributed by atoms with Gasteiger partial charge in [0.1, 0.15) is 0 Å². The summed E-state index contributed by atoms with van der Waals surface area (Å²) in [5, 5.41) is 8.13. The van der Waals surface area contributed by atoms with E-state index in [1.165, 1.54) is 62.6 Å². The number of nitrogens with zero attached hydrogens (tertiary/aromatic N) is 9. The van der Waals surface area contributed by atoms with E-state index >= 15 is 0 Å². The Bertz CT molecular complexity index is 8470. The van der Waals surface area contributed by atoms with Gasteiger partial charge in [0.05, 0.1) is 41.0 Å². The van der Waals surface area contributed by atoms with Crippen LogP contribution >= 0.6 is 0 Å². The molecule has 0 saturated heterocycles. The van der Waals surface area contributed by atoms with Crippen LogP contribution in [0.25, 0.3) is 134 Å². The summed E-state index contributed by atoms with van der Waals surface area (Å²) in [6, 6.07) is 74.4. The van der Waals surface area contributed by atoms with Gasteiger partial charge in [-0.1, -0.05) is 260 Å². The molecule has 0 spiro atoms. The average Bonchev–Trinajstić information content (AvgIpc) is 1.54. The van der Waals surface area contributed by atoms with E-state index in [4.69, 9.17) is 40.7 Å². The van der Waals surface area contributed by atoms with Crippen LogP contribution in [0.1, 0.15) is 250 Å². The Morgan fingerprint density at radius 2 is 0.840 bits per heavy atom. The van der Waals surface area contributed by atoms with Gasteiger partial charge in [-0.15, -0.1) is 179 Å². The predicted octanol–water partition coefficient (Wildman–Crippen LogP) is 33.5. The van der Waals surface area contributed by atoms with Crippen molar-refractivity contribution < 1.29 is 101 Å². The molecule has 0 amide bonds. The van der Waals surface area contributed by atoms with Crippen molar-refractivity contribution in [3.05, 3.63) is 324 Å². The van der Waals surface area contributed by atoms with E-state index < -0.39 is 81.1 Å². The quantitative estimate of drug-likeness (QED) is 0.0496. The topological polar surface area (TPSA) is 155 Å². The van der Waals surface area contributed by atoms with Gasteiger partial charge in [-0.05, 0) is 260 Å². The van der Waals surface area contributed by atoms with Crippen LogP contribution in [0.2, 0.25) is 58.9 Å². The monoisotopic (exact) mass is 2590 g/mol. The van der Waals surface area contributed by atoms with Gasteiger partial charge in [-0.3, -0.25) is 0 Å². The number of aryl methyl sites for hydroxylation is 2. The number of hydrogen-bond acceptors (Lipinski definition) is 12. The second-order valence-electron chi connectivity index (χ2n) is 45.2. The summed E-state index contributed by atoms with van der Waals surface area (Å²) in [6.07, 6.45) is 19.8. The summed E-state index contributed by atoms with van der Waals surface area (Å²) in [4.78, 5) is 40.3. The van der Waals surface area contributed by atoms with Crippen molar-refractivity contribution in [2.45, 2.75) is 282 Å². The smallest absolute Gasteiger partial charge is 0.216 e. The molecule has 0 aliphatic heterocycles. The van der Waals surface area contributed by atoms with Gasteiger partial charge >= 0.3 is 0 Å². The van der Waals surface area contributed by atoms with E-state index in [2.05, 4.69) is 166 Å². The van der Waals surface area contributed by atoms with Crippen LogP contribution in [0.4, 0.5) is 0 Å². The van der Waals surface area contributed by atoms with E-state index in [1.807, 2.05) is 184 Å². The average molecular weight is 2590 g/mol. The van der Waals surface area contributed by atoms with Crippen molar-refractivity contribution in [3.63, 3.8) is 0 Å². The van der Waals surface area contributed by atoms with E-state index in [0.29, 0.717) is 79.7 Å². The van der Waals surface area contributed by atoms with E-state index in [1.54, 1.807) is 73.2 Å². The molecule has 5 aliphatic rings. The van der Waals surface area contributed by atoms with Gasteiger partial charge in [0.2, 0.25) is 17.1 Å². The van der Waals surface area contributed by atoms with E-state index in [9.17, 15) is 0 Å². The second-order valence-corrected chi connectivity index (χ2v) is 60.4. The molecule has 3 radical (unpaired) electrons. The van der Waals surface area contributed by atoms with Crippen LogP contribution in [-0.4, -0.2) is 69.1 Å². The maximum atomic E-state index is 9.02. The number of benzene rings is 6. The van der Waals surface area contributed by atoms with Crippen LogP contribution in [0.3, 0.4) is 0 Å². The Hall–Kier alpha value is -10.3. The molecule has 18 heteroatoms. The molecular weight excluding hydrogens is 2420 g/mol. The normalized spacial score (nSPS) is 18.3. The minimum Gasteiger partial charge on any atom is -0.486 e. The zero-order valence-corrected chi connectivity index (χ0v) is 100. The van der Waals surface area contributed by atoms with Crippen molar-refractivity contribution in [1.29, 1.82) is 0 Å². The minimum absolute atomic E-state index is 0. The first-order valence-electron chi connectivity index (χ1n) is 62.3. The first-order chi connectivity index (χ1) is 78.1. The maximum Gasteiger partial charge on any atom is 0.216 e. The molecule has 1 unspecified atom stereocenters. The summed E-state index contributed by atoms with van der Waals surface area (Å²) in [6.45, 7) is 37.1. The number of furan rings is 3. The van der Waals surface area contributed by atoms with E-state index in [-0.39, 0.29) is 125 Å². The number of rotatable bonds is 21. The SMILES string of the molecule is [2H]C([2H])([2H])c1ccc2c(n1)oc1c[c-]c(-c3cc(C(C)(C)C4CCCC4)ccn3)cc12.[2H]C([2H])([2H])c1ccc2c(n1)oc1c[c-]c(-c3cc(C([2H])([2H])C4CC5CCC4CC5)ccn3)cc12.[2H]C([2H])(c1cc(-c2[c-]cccc2)ncc1[Si](C)(C)C)C(C)C.[2H]C([2H])(c1cc(-c2[c-]cccc2)ncc1[Si](C)(C)C)C(C)C.[2H]C1(c2ccnc(-c3[c-]cc4oc5nc(C([2H])([2H])C(C)(C)C)ccc5c4c3)c2)CCCCC1.[2H]c1[c-]c(-c2cc(C([2H])([2H])C(C)C)c([Si](C)(C)C)cn2)cc([2H])c1[2H].[Ir].[Ir].[Ir]. The Balaban J connectivity index is 0.000000158. The molecule has 1 atom stereocenters. The molecule has 5 saturated carbocycles. The molecule has 2 bridgehead atoms. The third kappa shape index (κ3) is 29.2. The molecule has 0 N–H and O–H groups in total. The van der Waals surface area contributed by atoms with Crippen molar-refractivity contribution >= 4 is 106 Å². The molecule has 23 rings (SSSR count). The summed E-state index contributed by atoms with van der Waals surface area (Å²) in [5.74, 6) is 0.976. The van der Waals surface area contributed by atoms with Crippen molar-refractivity contribution in [3.8, 4) is 67.5 Å². The van der Waals surface area contributed by atoms with Gasteiger partial charge < -0.3 is 43.2 Å². The fourth-order valence-electron chi connectivity index (χ4n) is 20.5. The fourth-order valence-corrected chi connectivity index (χ4v) is 24.7. The molecule has 12 nitrogen and oxygen atoms in total. The zero-order chi connectivity index (χ0) is 121. The molecule has 150 heavy (non-hydrogen) atoms. The molecular formula is C132H151Ir3N9O3Si3-6. The predicted molar refractivity (Wildman–Crippen MR) is 622 cm³/mol. The molecule has 6 aromatic carbocycles. The van der Waals surface area contributed by atoms with Gasteiger partial charge in [-0.25, -0.2) is 15.0 Å². The zero-order valence-electron chi connectivity index (χ0n) is 110. The molecule has 787 valence electrons. The Labute approximate surface area is 965 Å². The molecule has 12 heterocycles. The summed E-state index contributed by atoms with van der Waals surface area (Å²) < 4.78 is 182. The minimum atomic E-state index is -2.30. The van der Waals surface area contributed by atoms with Crippen molar-refractivity contribution in [1.82, 2.24) is 44.9 Å². The Kier molecular flexibility index (Phi) is 30.4. The number of pyridine rings is 9. The number of aromatic nitrogens is 9. The maximum absolute atomic E-state index is 9.02. The first-order valence-corrected chi connectivity index (χ1v) is 62.8. The van der Waals surface area contributed by atoms with Gasteiger partial charge in [0.15, 0.2) is 0 Å². The van der Waals surface area contributed by atoms with E-state index in [0.717, 1.165) is 160 Å². The van der Waals surface area contributed by atoms with Crippen LogP contribution in [0.5, 0.6) is 0 Å². The van der Waals surface area contributed by atoms with Crippen LogP contribution < -0.4 is 15.6 Å². The Morgan fingerprint density at radius 1 is 0.413 bits per heavy atom. The van der Waals surface area contributed by atoms with Crippen molar-refractivity contribution in [2.24, 2.45) is 46.8 Å². The van der Waals surface area contributed by atoms with Crippen molar-refractivity contribution in [2.75, 3.05) is 0 Å². The largest absolute Gasteiger partial charge is 0.486 e. The molecule has 5 aliphatic carbocycles. The molecule has 18 aromatic rings. The van der Waals surface area contributed by atoms with Gasteiger partial charge in [-0.2, -0.15) is 0 Å². The first kappa shape index (κ1) is 90.1. The van der Waals surface area contributed by atoms with Crippen LogP contribution in [0, 0.1) is 96.9 Å². The van der Waals surface area contributed by atoms with Crippen LogP contribution in [0.15, 0.2) is 251 Å². The number of fused-ring (bicyclic) bond motifs is 12. The summed E-state index contributed by atoms with van der Waals surface area (Å²) in [5.41, 5.74) is 17.2. The second kappa shape index (κ2) is 50.7. The Morgan fingerprint density at radius 3 is 1.27 bits per heavy atom. The third-order valence-corrected chi connectivity index (χ3v) is 34.1. The summed E-state index contributed by atoms with van der Waals surface area (Å²) >= 11 is 0. The molecule has 12 aromatic heterocycles. The van der Waals surface area contributed by atoms with Gasteiger partial charge in [0, 0.05) is 157 Å². The fraction of sp³-hybridized carbons (Fsp3) is 0.386. The summed E-state index contributed by atoms with van der Waals surface area (Å²) in [7, 11) is -5.15.